The average Bonchev–Trinajstić information content (AvgIpc) is 3.22. The normalized spacial score (nSPS) is 15.6. The van der Waals surface area contributed by atoms with Crippen molar-refractivity contribution in [3.8, 4) is 5.75 Å². The summed E-state index contributed by atoms with van der Waals surface area (Å²) in [6.45, 7) is 7.65. The number of nitrogens with one attached hydrogen (secondary N) is 3. The van der Waals surface area contributed by atoms with E-state index in [0.717, 1.165) is 37.6 Å². The number of amides is 1. The molecular weight excluding hydrogens is 380 g/mol. The van der Waals surface area contributed by atoms with Gasteiger partial charge in [0.1, 0.15) is 5.75 Å². The number of guanidine groups is 1. The third kappa shape index (κ3) is 8.22. The molecular formula is C23H38N4O3. The Bertz CT molecular complexity index is 672. The Kier molecular flexibility index (Phi) is 10.5. The molecule has 0 aliphatic heterocycles. The van der Waals surface area contributed by atoms with Gasteiger partial charge in [0, 0.05) is 33.4 Å². The summed E-state index contributed by atoms with van der Waals surface area (Å²) in [6, 6.07) is 7.73. The highest BCUT2D eigenvalue weighted by Crippen LogP contribution is 2.40. The van der Waals surface area contributed by atoms with E-state index in [2.05, 4.69) is 22.9 Å². The van der Waals surface area contributed by atoms with Gasteiger partial charge in [-0.3, -0.25) is 4.79 Å². The van der Waals surface area contributed by atoms with Gasteiger partial charge in [-0.2, -0.15) is 0 Å². The molecule has 7 nitrogen and oxygen atoms in total. The first kappa shape index (κ1) is 24.0. The molecule has 0 unspecified atom stereocenters. The fourth-order valence-electron chi connectivity index (χ4n) is 3.87. The SMILES string of the molecule is CCNC(=O)COc1cccc(CN=C(NCC)NCC2(CCOC)CCCC2)c1. The average molecular weight is 419 g/mol. The summed E-state index contributed by atoms with van der Waals surface area (Å²) >= 11 is 0. The first-order valence-electron chi connectivity index (χ1n) is 11.1. The summed E-state index contributed by atoms with van der Waals surface area (Å²) < 4.78 is 10.9. The summed E-state index contributed by atoms with van der Waals surface area (Å²) in [5.74, 6) is 1.39. The molecule has 168 valence electrons. The highest BCUT2D eigenvalue weighted by atomic mass is 16.5. The van der Waals surface area contributed by atoms with E-state index in [0.29, 0.717) is 24.3 Å². The first-order chi connectivity index (χ1) is 14.6. The van der Waals surface area contributed by atoms with Crippen molar-refractivity contribution in [3.63, 3.8) is 0 Å². The summed E-state index contributed by atoms with van der Waals surface area (Å²) in [5.41, 5.74) is 1.34. The van der Waals surface area contributed by atoms with Gasteiger partial charge in [-0.15, -0.1) is 0 Å². The van der Waals surface area contributed by atoms with Crippen molar-refractivity contribution in [1.82, 2.24) is 16.0 Å². The Balaban J connectivity index is 1.93. The van der Waals surface area contributed by atoms with Crippen LogP contribution >= 0.6 is 0 Å². The van der Waals surface area contributed by atoms with E-state index in [1.807, 2.05) is 31.2 Å². The first-order valence-corrected chi connectivity index (χ1v) is 11.1. The molecule has 1 fully saturated rings. The second-order valence-corrected chi connectivity index (χ2v) is 7.89. The molecule has 0 saturated heterocycles. The van der Waals surface area contributed by atoms with Crippen molar-refractivity contribution in [2.45, 2.75) is 52.5 Å². The Hall–Kier alpha value is -2.28. The number of rotatable bonds is 12. The lowest BCUT2D eigenvalue weighted by atomic mass is 9.83. The van der Waals surface area contributed by atoms with E-state index in [-0.39, 0.29) is 12.5 Å². The summed E-state index contributed by atoms with van der Waals surface area (Å²) in [4.78, 5) is 16.3. The Morgan fingerprint density at radius 3 is 2.60 bits per heavy atom. The number of nitrogens with zero attached hydrogens (tertiary/aromatic N) is 1. The topological polar surface area (TPSA) is 84.0 Å². The van der Waals surface area contributed by atoms with Gasteiger partial charge in [-0.05, 0) is 56.2 Å². The van der Waals surface area contributed by atoms with Gasteiger partial charge in [0.15, 0.2) is 12.6 Å². The van der Waals surface area contributed by atoms with Gasteiger partial charge in [0.25, 0.3) is 5.91 Å². The number of hydrogen-bond donors (Lipinski definition) is 3. The van der Waals surface area contributed by atoms with Crippen molar-refractivity contribution in [1.29, 1.82) is 0 Å². The number of aliphatic imine (C=N–C) groups is 1. The maximum absolute atomic E-state index is 11.6. The maximum Gasteiger partial charge on any atom is 0.257 e. The van der Waals surface area contributed by atoms with Crippen molar-refractivity contribution in [2.75, 3.05) is 40.0 Å². The number of carbonyl (C=O) groups excluding carboxylic acids is 1. The largest absolute Gasteiger partial charge is 0.484 e. The minimum Gasteiger partial charge on any atom is -0.484 e. The molecule has 7 heteroatoms. The molecule has 1 aromatic rings. The predicted molar refractivity (Wildman–Crippen MR) is 121 cm³/mol. The van der Waals surface area contributed by atoms with Crippen LogP contribution in [0.5, 0.6) is 5.75 Å². The van der Waals surface area contributed by atoms with Crippen LogP contribution in [-0.4, -0.2) is 51.8 Å². The lowest BCUT2D eigenvalue weighted by molar-refractivity contribution is -0.122. The lowest BCUT2D eigenvalue weighted by Gasteiger charge is -2.30. The zero-order valence-corrected chi connectivity index (χ0v) is 18.8. The highest BCUT2D eigenvalue weighted by molar-refractivity contribution is 5.79. The van der Waals surface area contributed by atoms with Crippen LogP contribution in [-0.2, 0) is 16.1 Å². The number of carbonyl (C=O) groups is 1. The Morgan fingerprint density at radius 2 is 1.90 bits per heavy atom. The number of hydrogen-bond acceptors (Lipinski definition) is 4. The highest BCUT2D eigenvalue weighted by Gasteiger charge is 2.33. The van der Waals surface area contributed by atoms with Crippen LogP contribution in [0.15, 0.2) is 29.3 Å². The van der Waals surface area contributed by atoms with E-state index in [4.69, 9.17) is 14.5 Å². The molecule has 1 saturated carbocycles. The molecule has 1 aliphatic carbocycles. The molecule has 3 N–H and O–H groups in total. The zero-order chi connectivity index (χ0) is 21.7. The smallest absolute Gasteiger partial charge is 0.257 e. The van der Waals surface area contributed by atoms with Crippen molar-refractivity contribution in [2.24, 2.45) is 10.4 Å². The van der Waals surface area contributed by atoms with E-state index < -0.39 is 0 Å². The number of benzene rings is 1. The summed E-state index contributed by atoms with van der Waals surface area (Å²) in [6.07, 6.45) is 6.16. The third-order valence-electron chi connectivity index (χ3n) is 5.54. The van der Waals surface area contributed by atoms with Crippen LogP contribution in [0.3, 0.4) is 0 Å². The van der Waals surface area contributed by atoms with Gasteiger partial charge in [0.2, 0.25) is 0 Å². The summed E-state index contributed by atoms with van der Waals surface area (Å²) in [7, 11) is 1.77. The van der Waals surface area contributed by atoms with E-state index in [1.165, 1.54) is 25.7 Å². The summed E-state index contributed by atoms with van der Waals surface area (Å²) in [5, 5.41) is 9.62. The van der Waals surface area contributed by atoms with Gasteiger partial charge in [0.05, 0.1) is 6.54 Å². The number of ether oxygens (including phenoxy) is 2. The predicted octanol–water partition coefficient (Wildman–Crippen LogP) is 2.85. The second kappa shape index (κ2) is 13.1. The molecule has 2 rings (SSSR count). The van der Waals surface area contributed by atoms with Gasteiger partial charge < -0.3 is 25.4 Å². The Morgan fingerprint density at radius 1 is 1.13 bits per heavy atom. The van der Waals surface area contributed by atoms with Crippen LogP contribution in [0.1, 0.15) is 51.5 Å². The standard InChI is InChI=1S/C23H38N4O3/c1-4-24-21(28)17-30-20-10-8-9-19(15-20)16-26-22(25-5-2)27-18-23(13-14-29-3)11-6-7-12-23/h8-10,15H,4-7,11-14,16-18H2,1-3H3,(H,24,28)(H2,25,26,27). The monoisotopic (exact) mass is 418 g/mol. The van der Waals surface area contributed by atoms with Gasteiger partial charge in [-0.25, -0.2) is 4.99 Å². The quantitative estimate of drug-likeness (QED) is 0.359. The van der Waals surface area contributed by atoms with E-state index >= 15 is 0 Å². The molecule has 0 bridgehead atoms. The minimum atomic E-state index is -0.117. The number of likely N-dealkylation sites (N-methyl/N-ethyl adjacent to an activating group) is 1. The second-order valence-electron chi connectivity index (χ2n) is 7.89. The zero-order valence-electron chi connectivity index (χ0n) is 18.8. The van der Waals surface area contributed by atoms with Gasteiger partial charge in [-0.1, -0.05) is 25.0 Å². The maximum atomic E-state index is 11.6. The van der Waals surface area contributed by atoms with Crippen LogP contribution in [0.2, 0.25) is 0 Å². The molecule has 0 spiro atoms. The third-order valence-corrected chi connectivity index (χ3v) is 5.54. The van der Waals surface area contributed by atoms with E-state index in [1.54, 1.807) is 7.11 Å². The van der Waals surface area contributed by atoms with Crippen molar-refractivity contribution >= 4 is 11.9 Å². The molecule has 0 radical (unpaired) electrons. The molecule has 1 amide bonds. The van der Waals surface area contributed by atoms with Crippen molar-refractivity contribution < 1.29 is 14.3 Å². The molecule has 1 aromatic carbocycles. The number of methoxy groups -OCH3 is 1. The lowest BCUT2D eigenvalue weighted by Crippen LogP contribution is -2.43. The molecule has 0 atom stereocenters. The molecule has 30 heavy (non-hydrogen) atoms. The molecule has 1 aliphatic rings. The molecule has 0 heterocycles. The minimum absolute atomic E-state index is 0.0221. The fourth-order valence-corrected chi connectivity index (χ4v) is 3.87. The molecule has 0 aromatic heterocycles. The van der Waals surface area contributed by atoms with E-state index in [9.17, 15) is 4.79 Å². The van der Waals surface area contributed by atoms with Crippen LogP contribution < -0.4 is 20.7 Å². The van der Waals surface area contributed by atoms with Crippen LogP contribution in [0, 0.1) is 5.41 Å². The van der Waals surface area contributed by atoms with Crippen LogP contribution in [0.25, 0.3) is 0 Å². The fraction of sp³-hybridized carbons (Fsp3) is 0.652. The van der Waals surface area contributed by atoms with Crippen molar-refractivity contribution in [3.05, 3.63) is 29.8 Å². The Labute approximate surface area is 181 Å². The van der Waals surface area contributed by atoms with Crippen LogP contribution in [0.4, 0.5) is 0 Å². The van der Waals surface area contributed by atoms with Gasteiger partial charge >= 0.3 is 0 Å².